The summed E-state index contributed by atoms with van der Waals surface area (Å²) in [4.78, 5) is 11.7. The Hall–Kier alpha value is -2.55. The molecule has 0 aliphatic rings. The van der Waals surface area contributed by atoms with Crippen molar-refractivity contribution < 1.29 is 32.2 Å². The van der Waals surface area contributed by atoms with E-state index in [1.165, 1.54) is 19.1 Å². The molecule has 0 aliphatic carbocycles. The fourth-order valence-electron chi connectivity index (χ4n) is 1.73. The molecule has 0 amide bonds. The van der Waals surface area contributed by atoms with Crippen LogP contribution in [-0.4, -0.2) is 29.6 Å². The van der Waals surface area contributed by atoms with Gasteiger partial charge in [0.25, 0.3) is 5.88 Å². The second kappa shape index (κ2) is 6.91. The molecule has 0 saturated heterocycles. The average molecular weight is 363 g/mol. The number of esters is 1. The van der Waals surface area contributed by atoms with Crippen LogP contribution in [0.25, 0.3) is 0 Å². The first kappa shape index (κ1) is 17.8. The summed E-state index contributed by atoms with van der Waals surface area (Å²) < 4.78 is 50.4. The van der Waals surface area contributed by atoms with Gasteiger partial charge in [0.05, 0.1) is 7.11 Å². The predicted molar refractivity (Wildman–Crippen MR) is 76.3 cm³/mol. The van der Waals surface area contributed by atoms with Gasteiger partial charge in [-0.1, -0.05) is 11.6 Å². The molecule has 0 aliphatic heterocycles. The van der Waals surface area contributed by atoms with Gasteiger partial charge in [0.1, 0.15) is 17.1 Å². The molecule has 10 heteroatoms. The molecule has 0 radical (unpaired) electrons. The van der Waals surface area contributed by atoms with E-state index in [0.717, 1.165) is 19.2 Å². The molecule has 0 spiro atoms. The van der Waals surface area contributed by atoms with Gasteiger partial charge >= 0.3 is 12.3 Å². The molecule has 1 heterocycles. The smallest absolute Gasteiger partial charge is 0.465 e. The van der Waals surface area contributed by atoms with E-state index < -0.39 is 18.1 Å². The van der Waals surface area contributed by atoms with Crippen LogP contribution < -0.4 is 9.47 Å². The topological polar surface area (TPSA) is 70.5 Å². The fourth-order valence-corrected chi connectivity index (χ4v) is 1.87. The number of carbonyl (C=O) groups is 1. The van der Waals surface area contributed by atoms with Crippen LogP contribution in [-0.2, 0) is 4.74 Å². The highest BCUT2D eigenvalue weighted by atomic mass is 35.5. The standard InChI is InChI=1S/C14H10ClF3N2O4/c1-7-5-8(24-14(16,17)18)3-4-10(7)23-12-9(13(21)22-2)6-11(15)19-20-12/h3-6H,1-2H3. The Morgan fingerprint density at radius 3 is 2.50 bits per heavy atom. The van der Waals surface area contributed by atoms with E-state index in [2.05, 4.69) is 19.7 Å². The number of hydrogen-bond donors (Lipinski definition) is 0. The molecule has 0 saturated carbocycles. The summed E-state index contributed by atoms with van der Waals surface area (Å²) in [5, 5.41) is 7.16. The molecule has 128 valence electrons. The van der Waals surface area contributed by atoms with E-state index in [1.54, 1.807) is 0 Å². The Morgan fingerprint density at radius 1 is 1.21 bits per heavy atom. The van der Waals surface area contributed by atoms with E-state index in [9.17, 15) is 18.0 Å². The van der Waals surface area contributed by atoms with Gasteiger partial charge in [-0.3, -0.25) is 0 Å². The maximum atomic E-state index is 12.2. The number of methoxy groups -OCH3 is 1. The third kappa shape index (κ3) is 4.48. The number of nitrogens with zero attached hydrogens (tertiary/aromatic N) is 2. The van der Waals surface area contributed by atoms with Crippen LogP contribution in [0.2, 0.25) is 5.15 Å². The predicted octanol–water partition coefficient (Wildman–Crippen LogP) is 3.92. The third-order valence-electron chi connectivity index (χ3n) is 2.72. The molecule has 0 unspecified atom stereocenters. The van der Waals surface area contributed by atoms with E-state index in [0.29, 0.717) is 5.56 Å². The van der Waals surface area contributed by atoms with Gasteiger partial charge in [0.15, 0.2) is 5.15 Å². The molecule has 24 heavy (non-hydrogen) atoms. The summed E-state index contributed by atoms with van der Waals surface area (Å²) in [6.07, 6.45) is -4.80. The van der Waals surface area contributed by atoms with Crippen molar-refractivity contribution in [2.75, 3.05) is 7.11 Å². The maximum absolute atomic E-state index is 12.2. The Labute approximate surface area is 139 Å². The zero-order valence-electron chi connectivity index (χ0n) is 12.3. The van der Waals surface area contributed by atoms with Crippen molar-refractivity contribution in [2.24, 2.45) is 0 Å². The maximum Gasteiger partial charge on any atom is 0.573 e. The van der Waals surface area contributed by atoms with Crippen LogP contribution in [0.3, 0.4) is 0 Å². The van der Waals surface area contributed by atoms with Gasteiger partial charge in [0, 0.05) is 0 Å². The summed E-state index contributed by atoms with van der Waals surface area (Å²) in [5.41, 5.74) is 0.247. The Kier molecular flexibility index (Phi) is 5.13. The first-order valence-corrected chi connectivity index (χ1v) is 6.73. The molecule has 0 fully saturated rings. The second-order valence-corrected chi connectivity index (χ2v) is 4.84. The average Bonchev–Trinajstić information content (AvgIpc) is 2.49. The van der Waals surface area contributed by atoms with E-state index >= 15 is 0 Å². The van der Waals surface area contributed by atoms with Gasteiger partial charge in [-0.15, -0.1) is 23.4 Å². The van der Waals surface area contributed by atoms with Crippen LogP contribution in [0.15, 0.2) is 24.3 Å². The van der Waals surface area contributed by atoms with E-state index in [4.69, 9.17) is 16.3 Å². The Bertz CT molecular complexity index is 768. The van der Waals surface area contributed by atoms with Crippen molar-refractivity contribution in [1.29, 1.82) is 0 Å². The Balaban J connectivity index is 2.30. The number of alkyl halides is 3. The number of carbonyl (C=O) groups excluding carboxylic acids is 1. The van der Waals surface area contributed by atoms with Crippen LogP contribution >= 0.6 is 11.6 Å². The van der Waals surface area contributed by atoms with Gasteiger partial charge in [-0.25, -0.2) is 4.79 Å². The van der Waals surface area contributed by atoms with Crippen LogP contribution in [0, 0.1) is 6.92 Å². The largest absolute Gasteiger partial charge is 0.573 e. The summed E-state index contributed by atoms with van der Waals surface area (Å²) in [5.74, 6) is -1.19. The van der Waals surface area contributed by atoms with Crippen LogP contribution in [0.4, 0.5) is 13.2 Å². The van der Waals surface area contributed by atoms with E-state index in [-0.39, 0.29) is 22.3 Å². The molecule has 6 nitrogen and oxygen atoms in total. The highest BCUT2D eigenvalue weighted by Crippen LogP contribution is 2.31. The monoisotopic (exact) mass is 362 g/mol. The van der Waals surface area contributed by atoms with Crippen molar-refractivity contribution in [2.45, 2.75) is 13.3 Å². The minimum Gasteiger partial charge on any atom is -0.465 e. The lowest BCUT2D eigenvalue weighted by atomic mass is 10.2. The van der Waals surface area contributed by atoms with Crippen LogP contribution in [0.5, 0.6) is 17.4 Å². The van der Waals surface area contributed by atoms with Crippen LogP contribution in [0.1, 0.15) is 15.9 Å². The molecule has 0 atom stereocenters. The zero-order valence-corrected chi connectivity index (χ0v) is 13.1. The molecule has 0 bridgehead atoms. The number of ether oxygens (including phenoxy) is 3. The Morgan fingerprint density at radius 2 is 1.92 bits per heavy atom. The number of rotatable bonds is 4. The van der Waals surface area contributed by atoms with Crippen molar-refractivity contribution in [3.05, 3.63) is 40.5 Å². The van der Waals surface area contributed by atoms with Crippen molar-refractivity contribution in [3.8, 4) is 17.4 Å². The number of benzene rings is 1. The number of aromatic nitrogens is 2. The normalized spacial score (nSPS) is 11.1. The van der Waals surface area contributed by atoms with Crippen molar-refractivity contribution in [1.82, 2.24) is 10.2 Å². The van der Waals surface area contributed by atoms with E-state index in [1.807, 2.05) is 0 Å². The minimum absolute atomic E-state index is 0.0478. The molecular formula is C14H10ClF3N2O4. The quantitative estimate of drug-likeness (QED) is 0.768. The van der Waals surface area contributed by atoms with Gasteiger partial charge in [-0.2, -0.15) is 0 Å². The number of halogens is 4. The fraction of sp³-hybridized carbons (Fsp3) is 0.214. The molecule has 1 aromatic heterocycles. The highest BCUT2D eigenvalue weighted by Gasteiger charge is 2.31. The van der Waals surface area contributed by atoms with Crippen molar-refractivity contribution >= 4 is 17.6 Å². The third-order valence-corrected chi connectivity index (χ3v) is 2.91. The molecule has 0 N–H and O–H groups in total. The molecule has 2 rings (SSSR count). The lowest BCUT2D eigenvalue weighted by molar-refractivity contribution is -0.274. The van der Waals surface area contributed by atoms with Gasteiger partial charge < -0.3 is 14.2 Å². The highest BCUT2D eigenvalue weighted by molar-refractivity contribution is 6.29. The number of aryl methyl sites for hydroxylation is 1. The van der Waals surface area contributed by atoms with Gasteiger partial charge in [0.2, 0.25) is 0 Å². The lowest BCUT2D eigenvalue weighted by Gasteiger charge is -2.13. The lowest BCUT2D eigenvalue weighted by Crippen LogP contribution is -2.17. The first-order chi connectivity index (χ1) is 11.2. The molecule has 2 aromatic rings. The minimum atomic E-state index is -4.80. The summed E-state index contributed by atoms with van der Waals surface area (Å²) in [6.45, 7) is 1.50. The summed E-state index contributed by atoms with van der Waals surface area (Å²) in [6, 6.07) is 4.64. The summed E-state index contributed by atoms with van der Waals surface area (Å²) in [7, 11) is 1.16. The first-order valence-electron chi connectivity index (χ1n) is 6.35. The van der Waals surface area contributed by atoms with Gasteiger partial charge in [-0.05, 0) is 36.8 Å². The summed E-state index contributed by atoms with van der Waals surface area (Å²) >= 11 is 5.67. The molecule has 1 aromatic carbocycles. The molecular weight excluding hydrogens is 353 g/mol. The second-order valence-electron chi connectivity index (χ2n) is 4.45. The zero-order chi connectivity index (χ0) is 17.9. The SMILES string of the molecule is COC(=O)c1cc(Cl)nnc1Oc1ccc(OC(F)(F)F)cc1C. The van der Waals surface area contributed by atoms with Crippen molar-refractivity contribution in [3.63, 3.8) is 0 Å². The number of hydrogen-bond acceptors (Lipinski definition) is 6.